The van der Waals surface area contributed by atoms with Gasteiger partial charge in [-0.2, -0.15) is 0 Å². The lowest BCUT2D eigenvalue weighted by molar-refractivity contribution is 1.28. The molecule has 0 N–H and O–H groups in total. The van der Waals surface area contributed by atoms with Gasteiger partial charge in [0.05, 0.1) is 10.6 Å². The van der Waals surface area contributed by atoms with Crippen LogP contribution in [0.3, 0.4) is 0 Å². The van der Waals surface area contributed by atoms with Crippen molar-refractivity contribution in [1.82, 2.24) is 15.0 Å². The lowest BCUT2D eigenvalue weighted by atomic mass is 10.2. The maximum Gasteiger partial charge on any atom is 0.172 e. The molecule has 4 aromatic rings. The molecule has 0 aliphatic heterocycles. The largest absolute Gasteiger partial charge is 0.268 e. The van der Waals surface area contributed by atoms with Crippen LogP contribution >= 0.6 is 34.3 Å². The molecule has 4 rings (SSSR count). The Hall–Kier alpha value is -2.48. The van der Waals surface area contributed by atoms with E-state index >= 15 is 0 Å². The van der Waals surface area contributed by atoms with Crippen LogP contribution in [-0.2, 0) is 0 Å². The maximum absolute atomic E-state index is 6.47. The molecule has 0 atom stereocenters. The van der Waals surface area contributed by atoms with Crippen LogP contribution < -0.4 is 0 Å². The fourth-order valence-electron chi connectivity index (χ4n) is 2.58. The van der Waals surface area contributed by atoms with Crippen LogP contribution in [0, 0.1) is 0 Å². The van der Waals surface area contributed by atoms with Gasteiger partial charge in [-0.15, -0.1) is 22.7 Å². The van der Waals surface area contributed by atoms with Crippen LogP contribution in [0.1, 0.15) is 5.69 Å². The van der Waals surface area contributed by atoms with E-state index in [4.69, 9.17) is 16.6 Å². The summed E-state index contributed by atoms with van der Waals surface area (Å²) in [5, 5.41) is 4.29. The summed E-state index contributed by atoms with van der Waals surface area (Å²) >= 11 is 9.60. The number of thiazole rings is 1. The Labute approximate surface area is 162 Å². The summed E-state index contributed by atoms with van der Waals surface area (Å²) in [6.07, 6.45) is 3.50. The van der Waals surface area contributed by atoms with Crippen LogP contribution in [0.25, 0.3) is 31.2 Å². The van der Waals surface area contributed by atoms with E-state index in [1.165, 1.54) is 11.3 Å². The molecule has 8 heteroatoms. The van der Waals surface area contributed by atoms with Crippen molar-refractivity contribution in [2.75, 3.05) is 7.05 Å². The van der Waals surface area contributed by atoms with E-state index in [-0.39, 0.29) is 0 Å². The number of aliphatic imine (C=N–C) groups is 2. The van der Waals surface area contributed by atoms with Gasteiger partial charge in [-0.3, -0.25) is 9.98 Å². The Morgan fingerprint density at radius 3 is 2.88 bits per heavy atom. The fraction of sp³-hybridized carbons (Fsp3) is 0.0556. The molecule has 4 aromatic heterocycles. The molecule has 0 bridgehead atoms. The number of aromatic nitrogens is 3. The minimum atomic E-state index is 0.424. The highest BCUT2D eigenvalue weighted by Crippen LogP contribution is 2.41. The minimum Gasteiger partial charge on any atom is -0.268 e. The quantitative estimate of drug-likeness (QED) is 0.352. The van der Waals surface area contributed by atoms with Crippen molar-refractivity contribution >= 4 is 56.9 Å². The monoisotopic (exact) mass is 397 g/mol. The summed E-state index contributed by atoms with van der Waals surface area (Å²) in [4.78, 5) is 22.4. The van der Waals surface area contributed by atoms with Gasteiger partial charge < -0.3 is 0 Å². The number of thiophene rings is 1. The molecule has 0 unspecified atom stereocenters. The molecule has 0 radical (unpaired) electrons. The maximum atomic E-state index is 6.47. The van der Waals surface area contributed by atoms with Crippen LogP contribution in [0.2, 0.25) is 5.15 Å². The average molecular weight is 398 g/mol. The summed E-state index contributed by atoms with van der Waals surface area (Å²) in [6, 6.07) is 7.84. The van der Waals surface area contributed by atoms with E-state index in [0.29, 0.717) is 16.7 Å². The van der Waals surface area contributed by atoms with Gasteiger partial charge in [-0.25, -0.2) is 15.0 Å². The summed E-state index contributed by atoms with van der Waals surface area (Å²) in [6.45, 7) is 3.58. The Balaban J connectivity index is 1.93. The first-order chi connectivity index (χ1) is 12.7. The van der Waals surface area contributed by atoms with Gasteiger partial charge >= 0.3 is 0 Å². The van der Waals surface area contributed by atoms with E-state index in [2.05, 4.69) is 26.7 Å². The molecule has 128 valence electrons. The SMILES string of the molecule is C=NC(=NC)c1cc2sccc2c(-c2sc(-c3cccnc3)nc2Cl)n1. The van der Waals surface area contributed by atoms with Crippen molar-refractivity contribution in [1.29, 1.82) is 0 Å². The molecule has 0 saturated carbocycles. The van der Waals surface area contributed by atoms with E-state index in [1.807, 2.05) is 29.6 Å². The van der Waals surface area contributed by atoms with Crippen molar-refractivity contribution in [2.24, 2.45) is 9.98 Å². The summed E-state index contributed by atoms with van der Waals surface area (Å²) in [5.74, 6) is 0.495. The molecule has 0 aliphatic rings. The first kappa shape index (κ1) is 17.0. The summed E-state index contributed by atoms with van der Waals surface area (Å²) in [7, 11) is 1.67. The zero-order chi connectivity index (χ0) is 18.1. The number of fused-ring (bicyclic) bond motifs is 1. The minimum absolute atomic E-state index is 0.424. The molecule has 0 amide bonds. The van der Waals surface area contributed by atoms with E-state index in [9.17, 15) is 0 Å². The van der Waals surface area contributed by atoms with Crippen LogP contribution in [-0.4, -0.2) is 34.6 Å². The predicted octanol–water partition coefficient (Wildman–Crippen LogP) is 5.21. The highest BCUT2D eigenvalue weighted by molar-refractivity contribution is 7.19. The van der Waals surface area contributed by atoms with Crippen LogP contribution in [0.5, 0.6) is 0 Å². The normalized spacial score (nSPS) is 11.8. The third-order valence-corrected chi connectivity index (χ3v) is 6.11. The fourth-order valence-corrected chi connectivity index (χ4v) is 4.69. The average Bonchev–Trinajstić information content (AvgIpc) is 3.29. The standard InChI is InChI=1S/C18H12ClN5S2/c1-20-17(21-2)12-8-13-11(5-7-25-13)14(23-12)15-16(19)24-18(26-15)10-4-3-6-22-9-10/h3-9H,1H2,2H3. The number of nitrogens with zero attached hydrogens (tertiary/aromatic N) is 5. The predicted molar refractivity (Wildman–Crippen MR) is 111 cm³/mol. The summed E-state index contributed by atoms with van der Waals surface area (Å²) in [5.41, 5.74) is 2.37. The zero-order valence-corrected chi connectivity index (χ0v) is 16.1. The Morgan fingerprint density at radius 1 is 1.27 bits per heavy atom. The van der Waals surface area contributed by atoms with Crippen molar-refractivity contribution < 1.29 is 0 Å². The molecular weight excluding hydrogens is 386 g/mol. The third kappa shape index (κ3) is 2.94. The second-order valence-corrected chi connectivity index (χ2v) is 7.58. The van der Waals surface area contributed by atoms with Crippen LogP contribution in [0.15, 0.2) is 52.0 Å². The number of halogens is 1. The smallest absolute Gasteiger partial charge is 0.172 e. The lowest BCUT2D eigenvalue weighted by Gasteiger charge is -2.05. The first-order valence-electron chi connectivity index (χ1n) is 7.60. The number of pyridine rings is 2. The third-order valence-electron chi connectivity index (χ3n) is 3.75. The molecule has 0 aromatic carbocycles. The lowest BCUT2D eigenvalue weighted by Crippen LogP contribution is -2.01. The molecule has 0 saturated heterocycles. The highest BCUT2D eigenvalue weighted by Gasteiger charge is 2.19. The first-order valence-corrected chi connectivity index (χ1v) is 9.68. The van der Waals surface area contributed by atoms with Crippen molar-refractivity contribution in [3.8, 4) is 21.1 Å². The molecule has 26 heavy (non-hydrogen) atoms. The molecule has 0 spiro atoms. The van der Waals surface area contributed by atoms with Gasteiger partial charge in [0.25, 0.3) is 0 Å². The van der Waals surface area contributed by atoms with Gasteiger partial charge in [0, 0.05) is 35.1 Å². The number of rotatable bonds is 3. The van der Waals surface area contributed by atoms with Gasteiger partial charge in [0.1, 0.15) is 15.9 Å². The van der Waals surface area contributed by atoms with E-state index < -0.39 is 0 Å². The number of amidine groups is 1. The molecule has 0 fully saturated rings. The molecule has 4 heterocycles. The van der Waals surface area contributed by atoms with Crippen molar-refractivity contribution in [3.63, 3.8) is 0 Å². The molecular formula is C18H12ClN5S2. The van der Waals surface area contributed by atoms with E-state index in [1.54, 1.807) is 30.8 Å². The topological polar surface area (TPSA) is 63.4 Å². The highest BCUT2D eigenvalue weighted by atomic mass is 35.5. The van der Waals surface area contributed by atoms with Crippen molar-refractivity contribution in [3.05, 3.63) is 52.9 Å². The Kier molecular flexibility index (Phi) is 4.58. The van der Waals surface area contributed by atoms with Crippen molar-refractivity contribution in [2.45, 2.75) is 0 Å². The van der Waals surface area contributed by atoms with Gasteiger partial charge in [-0.1, -0.05) is 11.6 Å². The summed E-state index contributed by atoms with van der Waals surface area (Å²) < 4.78 is 1.09. The molecule has 0 aliphatic carbocycles. The second-order valence-electron chi connectivity index (χ2n) is 5.27. The van der Waals surface area contributed by atoms with Gasteiger partial charge in [0.2, 0.25) is 0 Å². The van der Waals surface area contributed by atoms with E-state index in [0.717, 1.165) is 31.2 Å². The number of hydrogen-bond acceptors (Lipinski definition) is 6. The number of hydrogen-bond donors (Lipinski definition) is 0. The van der Waals surface area contributed by atoms with Crippen LogP contribution in [0.4, 0.5) is 0 Å². The van der Waals surface area contributed by atoms with Gasteiger partial charge in [-0.05, 0) is 36.4 Å². The van der Waals surface area contributed by atoms with Gasteiger partial charge in [0.15, 0.2) is 5.84 Å². The Morgan fingerprint density at radius 2 is 2.15 bits per heavy atom. The Bertz CT molecular complexity index is 1130. The second kappa shape index (κ2) is 7.03. The zero-order valence-electron chi connectivity index (χ0n) is 13.7. The molecule has 5 nitrogen and oxygen atoms in total.